The highest BCUT2D eigenvalue weighted by Crippen LogP contribution is 2.32. The average Bonchev–Trinajstić information content (AvgIpc) is 2.78. The zero-order chi connectivity index (χ0) is 16.8. The molecule has 0 spiro atoms. The normalized spacial score (nSPS) is 12.0. The van der Waals surface area contributed by atoms with Crippen LogP contribution < -0.4 is 5.56 Å². The Morgan fingerprint density at radius 2 is 2.00 bits per heavy atom. The molecule has 0 aliphatic rings. The lowest BCUT2D eigenvalue weighted by Gasteiger charge is -2.11. The molecule has 0 amide bonds. The average molecular weight is 322 g/mol. The van der Waals surface area contributed by atoms with Gasteiger partial charge in [-0.25, -0.2) is 4.98 Å². The van der Waals surface area contributed by atoms with E-state index in [1.165, 1.54) is 16.7 Å². The quantitative estimate of drug-likeness (QED) is 0.728. The van der Waals surface area contributed by atoms with Crippen molar-refractivity contribution in [2.45, 2.75) is 19.6 Å². The van der Waals surface area contributed by atoms with Gasteiger partial charge in [-0.1, -0.05) is 6.07 Å². The van der Waals surface area contributed by atoms with Crippen molar-refractivity contribution in [3.8, 4) is 0 Å². The number of hydrogen-bond acceptors (Lipinski definition) is 3. The van der Waals surface area contributed by atoms with Crippen LogP contribution in [0.1, 0.15) is 16.8 Å². The molecule has 1 aromatic carbocycles. The first-order valence-electron chi connectivity index (χ1n) is 6.82. The third-order valence-electron chi connectivity index (χ3n) is 3.59. The molecular formula is C15H13F3N4O. The van der Waals surface area contributed by atoms with Crippen LogP contribution in [0.3, 0.4) is 0 Å². The minimum Gasteiger partial charge on any atom is -0.293 e. The fourth-order valence-corrected chi connectivity index (χ4v) is 2.50. The molecule has 0 unspecified atom stereocenters. The van der Waals surface area contributed by atoms with Gasteiger partial charge in [-0.2, -0.15) is 18.3 Å². The largest absolute Gasteiger partial charge is 0.418 e. The molecule has 0 aliphatic heterocycles. The number of nitrogens with zero attached hydrogens (tertiary/aromatic N) is 4. The predicted molar refractivity (Wildman–Crippen MR) is 78.1 cm³/mol. The van der Waals surface area contributed by atoms with Crippen molar-refractivity contribution < 1.29 is 13.2 Å². The Bertz CT molecular complexity index is 940. The molecule has 0 radical (unpaired) electrons. The number of fused-ring (bicyclic) bond motifs is 1. The molecule has 2 heterocycles. The first-order chi connectivity index (χ1) is 10.8. The molecule has 5 nitrogen and oxygen atoms in total. The SMILES string of the molecule is Cc1cn(C)nc1Cn1cnc2c(C(F)(F)F)cccc2c1=O. The number of rotatable bonds is 2. The van der Waals surface area contributed by atoms with E-state index in [0.29, 0.717) is 5.69 Å². The summed E-state index contributed by atoms with van der Waals surface area (Å²) in [6, 6.07) is 3.48. The van der Waals surface area contributed by atoms with E-state index in [1.54, 1.807) is 17.9 Å². The van der Waals surface area contributed by atoms with Crippen LogP contribution in [-0.4, -0.2) is 19.3 Å². The Labute approximate surface area is 129 Å². The molecule has 0 atom stereocenters. The van der Waals surface area contributed by atoms with E-state index in [9.17, 15) is 18.0 Å². The third kappa shape index (κ3) is 2.71. The summed E-state index contributed by atoms with van der Waals surface area (Å²) in [5.74, 6) is 0. The number of halogens is 3. The number of para-hydroxylation sites is 1. The maximum atomic E-state index is 13.0. The van der Waals surface area contributed by atoms with Gasteiger partial charge in [0, 0.05) is 13.2 Å². The zero-order valence-corrected chi connectivity index (χ0v) is 12.4. The standard InChI is InChI=1S/C15H13F3N4O/c1-9-6-21(2)20-12(9)7-22-8-19-13-10(14(22)23)4-3-5-11(13)15(16,17)18/h3-6,8H,7H2,1-2H3. The maximum absolute atomic E-state index is 13.0. The molecule has 23 heavy (non-hydrogen) atoms. The first kappa shape index (κ1) is 15.3. The molecule has 0 N–H and O–H groups in total. The zero-order valence-electron chi connectivity index (χ0n) is 12.4. The third-order valence-corrected chi connectivity index (χ3v) is 3.59. The molecule has 2 aromatic heterocycles. The van der Waals surface area contributed by atoms with Gasteiger partial charge in [0.15, 0.2) is 0 Å². The van der Waals surface area contributed by atoms with E-state index in [2.05, 4.69) is 10.1 Å². The summed E-state index contributed by atoms with van der Waals surface area (Å²) in [6.07, 6.45) is -1.62. The summed E-state index contributed by atoms with van der Waals surface area (Å²) in [5, 5.41) is 4.17. The number of aryl methyl sites for hydroxylation is 2. The van der Waals surface area contributed by atoms with E-state index in [1.807, 2.05) is 6.92 Å². The highest BCUT2D eigenvalue weighted by atomic mass is 19.4. The van der Waals surface area contributed by atoms with Gasteiger partial charge in [-0.3, -0.25) is 14.0 Å². The summed E-state index contributed by atoms with van der Waals surface area (Å²) >= 11 is 0. The topological polar surface area (TPSA) is 52.7 Å². The second-order valence-corrected chi connectivity index (χ2v) is 5.31. The number of alkyl halides is 3. The second-order valence-electron chi connectivity index (χ2n) is 5.31. The highest BCUT2D eigenvalue weighted by molar-refractivity contribution is 5.81. The van der Waals surface area contributed by atoms with Crippen LogP contribution in [0.4, 0.5) is 13.2 Å². The van der Waals surface area contributed by atoms with E-state index in [-0.39, 0.29) is 17.4 Å². The monoisotopic (exact) mass is 322 g/mol. The summed E-state index contributed by atoms with van der Waals surface area (Å²) in [5.41, 5.74) is -0.204. The van der Waals surface area contributed by atoms with Crippen molar-refractivity contribution in [1.29, 1.82) is 0 Å². The van der Waals surface area contributed by atoms with Gasteiger partial charge in [0.25, 0.3) is 5.56 Å². The molecule has 3 aromatic rings. The van der Waals surface area contributed by atoms with Crippen molar-refractivity contribution in [3.63, 3.8) is 0 Å². The summed E-state index contributed by atoms with van der Waals surface area (Å²) in [4.78, 5) is 16.3. The lowest BCUT2D eigenvalue weighted by Crippen LogP contribution is -2.23. The van der Waals surface area contributed by atoms with Crippen LogP contribution in [0.2, 0.25) is 0 Å². The van der Waals surface area contributed by atoms with Crippen LogP contribution >= 0.6 is 0 Å². The smallest absolute Gasteiger partial charge is 0.293 e. The predicted octanol–water partition coefficient (Wildman–Crippen LogP) is 2.51. The van der Waals surface area contributed by atoms with Gasteiger partial charge in [0.1, 0.15) is 0 Å². The van der Waals surface area contributed by atoms with Crippen LogP contribution in [0.5, 0.6) is 0 Å². The molecule has 0 fully saturated rings. The number of hydrogen-bond donors (Lipinski definition) is 0. The van der Waals surface area contributed by atoms with Gasteiger partial charge in [0.2, 0.25) is 0 Å². The van der Waals surface area contributed by atoms with Crippen molar-refractivity contribution in [3.05, 3.63) is 57.9 Å². The Morgan fingerprint density at radius 1 is 1.26 bits per heavy atom. The van der Waals surface area contributed by atoms with E-state index >= 15 is 0 Å². The van der Waals surface area contributed by atoms with Gasteiger partial charge in [-0.15, -0.1) is 0 Å². The minimum atomic E-state index is -4.55. The Balaban J connectivity index is 2.13. The molecule has 0 saturated carbocycles. The van der Waals surface area contributed by atoms with E-state index in [0.717, 1.165) is 18.0 Å². The molecule has 3 rings (SSSR count). The van der Waals surface area contributed by atoms with Gasteiger partial charge >= 0.3 is 6.18 Å². The Morgan fingerprint density at radius 3 is 2.61 bits per heavy atom. The highest BCUT2D eigenvalue weighted by Gasteiger charge is 2.33. The van der Waals surface area contributed by atoms with E-state index in [4.69, 9.17) is 0 Å². The summed E-state index contributed by atoms with van der Waals surface area (Å²) in [7, 11) is 1.76. The molecule has 0 saturated heterocycles. The number of aromatic nitrogens is 4. The van der Waals surface area contributed by atoms with Crippen LogP contribution in [0.25, 0.3) is 10.9 Å². The van der Waals surface area contributed by atoms with Crippen molar-refractivity contribution in [2.24, 2.45) is 7.05 Å². The number of benzene rings is 1. The second kappa shape index (κ2) is 5.22. The molecule has 8 heteroatoms. The molecule has 120 valence electrons. The van der Waals surface area contributed by atoms with Crippen molar-refractivity contribution in [1.82, 2.24) is 19.3 Å². The van der Waals surface area contributed by atoms with Crippen LogP contribution in [0.15, 0.2) is 35.5 Å². The molecule has 0 aliphatic carbocycles. The van der Waals surface area contributed by atoms with Crippen molar-refractivity contribution in [2.75, 3.05) is 0 Å². The maximum Gasteiger partial charge on any atom is 0.418 e. The van der Waals surface area contributed by atoms with Crippen LogP contribution in [-0.2, 0) is 19.8 Å². The lowest BCUT2D eigenvalue weighted by molar-refractivity contribution is -0.136. The van der Waals surface area contributed by atoms with E-state index < -0.39 is 17.3 Å². The van der Waals surface area contributed by atoms with Gasteiger partial charge in [-0.05, 0) is 24.6 Å². The summed E-state index contributed by atoms with van der Waals surface area (Å²) < 4.78 is 41.9. The van der Waals surface area contributed by atoms with Gasteiger partial charge in [0.05, 0.1) is 35.0 Å². The fraction of sp³-hybridized carbons (Fsp3) is 0.267. The Kier molecular flexibility index (Phi) is 3.46. The van der Waals surface area contributed by atoms with Gasteiger partial charge < -0.3 is 0 Å². The first-order valence-corrected chi connectivity index (χ1v) is 6.82. The minimum absolute atomic E-state index is 0.0593. The van der Waals surface area contributed by atoms with Crippen LogP contribution in [0, 0.1) is 6.92 Å². The molecule has 0 bridgehead atoms. The van der Waals surface area contributed by atoms with Crippen molar-refractivity contribution >= 4 is 10.9 Å². The fourth-order valence-electron chi connectivity index (χ4n) is 2.50. The summed E-state index contributed by atoms with van der Waals surface area (Å²) in [6.45, 7) is 2.01. The molecular weight excluding hydrogens is 309 g/mol. The lowest BCUT2D eigenvalue weighted by atomic mass is 10.1. The Hall–Kier alpha value is -2.64.